The van der Waals surface area contributed by atoms with Crippen LogP contribution < -0.4 is 11.1 Å². The smallest absolute Gasteiger partial charge is 0.203 e. The van der Waals surface area contributed by atoms with E-state index in [0.717, 1.165) is 34.0 Å². The second-order valence-electron chi connectivity index (χ2n) is 4.74. The summed E-state index contributed by atoms with van der Waals surface area (Å²) in [5.41, 5.74) is 7.32. The normalized spacial score (nSPS) is 11.2. The Labute approximate surface area is 125 Å². The molecule has 3 N–H and O–H groups in total. The van der Waals surface area contributed by atoms with Crippen LogP contribution in [-0.2, 0) is 13.5 Å². The number of aromatic nitrogens is 6. The van der Waals surface area contributed by atoms with Gasteiger partial charge in [-0.2, -0.15) is 5.10 Å². The number of fused-ring (bicyclic) bond motifs is 1. The van der Waals surface area contributed by atoms with Crippen molar-refractivity contribution in [3.63, 3.8) is 0 Å². The van der Waals surface area contributed by atoms with Crippen LogP contribution in [0.25, 0.3) is 11.0 Å². The summed E-state index contributed by atoms with van der Waals surface area (Å²) in [7, 11) is 1.88. The number of rotatable bonds is 4. The number of hydrogen-bond acceptors (Lipinski definition) is 8. The van der Waals surface area contributed by atoms with Crippen LogP contribution >= 0.6 is 11.3 Å². The van der Waals surface area contributed by atoms with E-state index in [2.05, 4.69) is 30.6 Å². The summed E-state index contributed by atoms with van der Waals surface area (Å²) in [6.45, 7) is 4.53. The van der Waals surface area contributed by atoms with Crippen LogP contribution in [0.15, 0.2) is 0 Å². The van der Waals surface area contributed by atoms with E-state index in [1.807, 2.05) is 20.9 Å². The number of aryl methyl sites for hydroxylation is 3. The third-order valence-corrected chi connectivity index (χ3v) is 3.90. The summed E-state index contributed by atoms with van der Waals surface area (Å²) in [5, 5.41) is 17.9. The Morgan fingerprint density at radius 1 is 1.24 bits per heavy atom. The van der Waals surface area contributed by atoms with Crippen LogP contribution in [0.5, 0.6) is 0 Å². The lowest BCUT2D eigenvalue weighted by Gasteiger charge is -2.07. The Morgan fingerprint density at radius 2 is 2.05 bits per heavy atom. The van der Waals surface area contributed by atoms with Gasteiger partial charge >= 0.3 is 0 Å². The molecule has 0 bridgehead atoms. The standard InChI is InChI=1S/C12H16N8S/c1-6-9-10(14-5-4-8-17-18-12(13)21-8)15-7(2)16-11(9)20(3)19-6/h4-5H2,1-3H3,(H2,13,18)(H,14,15,16). The molecule has 0 unspecified atom stereocenters. The average Bonchev–Trinajstić information content (AvgIpc) is 2.94. The molecule has 0 aliphatic rings. The predicted octanol–water partition coefficient (Wildman–Crippen LogP) is 1.07. The number of nitrogens with zero attached hydrogens (tertiary/aromatic N) is 6. The molecule has 3 aromatic heterocycles. The fourth-order valence-electron chi connectivity index (χ4n) is 2.23. The lowest BCUT2D eigenvalue weighted by Crippen LogP contribution is -2.08. The highest BCUT2D eigenvalue weighted by molar-refractivity contribution is 7.15. The van der Waals surface area contributed by atoms with Gasteiger partial charge in [0.2, 0.25) is 5.13 Å². The molecule has 3 heterocycles. The molecule has 0 radical (unpaired) electrons. The van der Waals surface area contributed by atoms with E-state index in [1.54, 1.807) is 4.68 Å². The minimum atomic E-state index is 0.494. The number of nitrogen functional groups attached to an aromatic ring is 1. The zero-order chi connectivity index (χ0) is 15.0. The van der Waals surface area contributed by atoms with Crippen molar-refractivity contribution in [1.82, 2.24) is 29.9 Å². The minimum absolute atomic E-state index is 0.494. The van der Waals surface area contributed by atoms with Crippen molar-refractivity contribution in [3.05, 3.63) is 16.5 Å². The van der Waals surface area contributed by atoms with E-state index in [0.29, 0.717) is 17.5 Å². The molecule has 0 spiro atoms. The highest BCUT2D eigenvalue weighted by atomic mass is 32.1. The summed E-state index contributed by atoms with van der Waals surface area (Å²) in [6, 6.07) is 0. The summed E-state index contributed by atoms with van der Waals surface area (Å²) >= 11 is 1.40. The topological polar surface area (TPSA) is 107 Å². The van der Waals surface area contributed by atoms with Crippen molar-refractivity contribution in [2.45, 2.75) is 20.3 Å². The van der Waals surface area contributed by atoms with E-state index < -0.39 is 0 Å². The molecule has 21 heavy (non-hydrogen) atoms. The van der Waals surface area contributed by atoms with Crippen LogP contribution in [-0.4, -0.2) is 36.5 Å². The van der Waals surface area contributed by atoms with Gasteiger partial charge in [0.15, 0.2) is 5.65 Å². The van der Waals surface area contributed by atoms with Crippen molar-refractivity contribution in [2.24, 2.45) is 7.05 Å². The monoisotopic (exact) mass is 304 g/mol. The van der Waals surface area contributed by atoms with Gasteiger partial charge in [0, 0.05) is 20.0 Å². The maximum atomic E-state index is 5.57. The zero-order valence-electron chi connectivity index (χ0n) is 12.1. The molecule has 0 saturated carbocycles. The molecule has 0 atom stereocenters. The van der Waals surface area contributed by atoms with Crippen LogP contribution in [0.2, 0.25) is 0 Å². The number of anilines is 2. The van der Waals surface area contributed by atoms with E-state index in [1.165, 1.54) is 11.3 Å². The van der Waals surface area contributed by atoms with Gasteiger partial charge in [-0.25, -0.2) is 9.97 Å². The maximum Gasteiger partial charge on any atom is 0.203 e. The Bertz CT molecular complexity index is 790. The van der Waals surface area contributed by atoms with Crippen LogP contribution in [0, 0.1) is 13.8 Å². The van der Waals surface area contributed by atoms with Crippen molar-refractivity contribution >= 4 is 33.3 Å². The summed E-state index contributed by atoms with van der Waals surface area (Å²) in [6.07, 6.45) is 0.749. The summed E-state index contributed by atoms with van der Waals surface area (Å²) < 4.78 is 1.77. The van der Waals surface area contributed by atoms with Crippen LogP contribution in [0.3, 0.4) is 0 Å². The third-order valence-electron chi connectivity index (χ3n) is 3.08. The first kappa shape index (κ1) is 13.7. The molecule has 0 saturated heterocycles. The molecular weight excluding hydrogens is 288 g/mol. The maximum absolute atomic E-state index is 5.57. The Kier molecular flexibility index (Phi) is 3.42. The van der Waals surface area contributed by atoms with Crippen molar-refractivity contribution in [1.29, 1.82) is 0 Å². The second-order valence-corrected chi connectivity index (χ2v) is 5.83. The van der Waals surface area contributed by atoms with Gasteiger partial charge in [-0.05, 0) is 13.8 Å². The Hall–Kier alpha value is -2.29. The van der Waals surface area contributed by atoms with Gasteiger partial charge < -0.3 is 11.1 Å². The van der Waals surface area contributed by atoms with Gasteiger partial charge in [0.25, 0.3) is 0 Å². The quantitative estimate of drug-likeness (QED) is 0.742. The molecular formula is C12H16N8S. The largest absolute Gasteiger partial charge is 0.374 e. The van der Waals surface area contributed by atoms with E-state index in [4.69, 9.17) is 5.73 Å². The lowest BCUT2D eigenvalue weighted by molar-refractivity contribution is 0.771. The van der Waals surface area contributed by atoms with Gasteiger partial charge in [-0.15, -0.1) is 10.2 Å². The predicted molar refractivity (Wildman–Crippen MR) is 82.3 cm³/mol. The molecule has 8 nitrogen and oxygen atoms in total. The van der Waals surface area contributed by atoms with Gasteiger partial charge in [0.1, 0.15) is 16.6 Å². The van der Waals surface area contributed by atoms with Crippen molar-refractivity contribution < 1.29 is 0 Å². The Morgan fingerprint density at radius 3 is 2.76 bits per heavy atom. The molecule has 0 fully saturated rings. The molecule has 110 valence electrons. The summed E-state index contributed by atoms with van der Waals surface area (Å²) in [4.78, 5) is 8.92. The number of hydrogen-bond donors (Lipinski definition) is 2. The van der Waals surface area contributed by atoms with Gasteiger partial charge in [0.05, 0.1) is 11.1 Å². The number of nitrogens with two attached hydrogens (primary N) is 1. The molecule has 0 amide bonds. The molecule has 3 aromatic rings. The van der Waals surface area contributed by atoms with E-state index in [9.17, 15) is 0 Å². The third kappa shape index (κ3) is 2.64. The molecule has 0 aromatic carbocycles. The Balaban J connectivity index is 1.83. The minimum Gasteiger partial charge on any atom is -0.374 e. The lowest BCUT2D eigenvalue weighted by atomic mass is 10.3. The first-order valence-electron chi connectivity index (χ1n) is 6.54. The van der Waals surface area contributed by atoms with Crippen molar-refractivity contribution in [3.8, 4) is 0 Å². The highest BCUT2D eigenvalue weighted by Crippen LogP contribution is 2.23. The first-order valence-corrected chi connectivity index (χ1v) is 7.36. The molecule has 0 aliphatic carbocycles. The second kappa shape index (κ2) is 5.24. The number of nitrogens with one attached hydrogen (secondary N) is 1. The molecule has 3 rings (SSSR count). The average molecular weight is 304 g/mol. The zero-order valence-corrected chi connectivity index (χ0v) is 12.9. The van der Waals surface area contributed by atoms with E-state index in [-0.39, 0.29) is 0 Å². The first-order chi connectivity index (χ1) is 10.0. The summed E-state index contributed by atoms with van der Waals surface area (Å²) in [5.74, 6) is 1.52. The molecule has 0 aliphatic heterocycles. The SMILES string of the molecule is Cc1nc(NCCc2nnc(N)s2)c2c(C)nn(C)c2n1. The molecule has 9 heteroatoms. The fraction of sp³-hybridized carbons (Fsp3) is 0.417. The van der Waals surface area contributed by atoms with E-state index >= 15 is 0 Å². The van der Waals surface area contributed by atoms with Crippen LogP contribution in [0.1, 0.15) is 16.5 Å². The van der Waals surface area contributed by atoms with Gasteiger partial charge in [-0.1, -0.05) is 11.3 Å². The van der Waals surface area contributed by atoms with Crippen molar-refractivity contribution in [2.75, 3.05) is 17.6 Å². The van der Waals surface area contributed by atoms with Gasteiger partial charge in [-0.3, -0.25) is 4.68 Å². The van der Waals surface area contributed by atoms with Crippen LogP contribution in [0.4, 0.5) is 10.9 Å². The highest BCUT2D eigenvalue weighted by Gasteiger charge is 2.13. The fourth-order valence-corrected chi connectivity index (χ4v) is 2.84.